The highest BCUT2D eigenvalue weighted by atomic mass is 79.9. The van der Waals surface area contributed by atoms with Crippen LogP contribution in [0.5, 0.6) is 0 Å². The number of aryl methyl sites for hydroxylation is 2. The van der Waals surface area contributed by atoms with Crippen molar-refractivity contribution in [2.75, 3.05) is 11.9 Å². The first-order chi connectivity index (χ1) is 8.70. The Labute approximate surface area is 117 Å². The molecule has 0 spiro atoms. The van der Waals surface area contributed by atoms with Gasteiger partial charge in [-0.15, -0.1) is 0 Å². The second-order valence-corrected chi connectivity index (χ2v) is 5.92. The van der Waals surface area contributed by atoms with E-state index in [1.165, 1.54) is 24.0 Å². The maximum absolute atomic E-state index is 12.0. The van der Waals surface area contributed by atoms with Gasteiger partial charge in [0.2, 0.25) is 0 Å². The topological polar surface area (TPSA) is 29.1 Å². The maximum atomic E-state index is 12.0. The second kappa shape index (κ2) is 6.37. The molecular formula is C15H20BrNO. The third-order valence-electron chi connectivity index (χ3n) is 3.57. The van der Waals surface area contributed by atoms with Crippen LogP contribution in [0.1, 0.15) is 41.3 Å². The van der Waals surface area contributed by atoms with Crippen LogP contribution in [-0.4, -0.2) is 17.8 Å². The third-order valence-corrected chi connectivity index (χ3v) is 4.03. The molecule has 98 valence electrons. The van der Waals surface area contributed by atoms with E-state index < -0.39 is 0 Å². The summed E-state index contributed by atoms with van der Waals surface area (Å²) in [5.74, 6) is 0.578. The van der Waals surface area contributed by atoms with E-state index in [2.05, 4.69) is 40.3 Å². The molecular weight excluding hydrogens is 290 g/mol. The maximum Gasteiger partial charge on any atom is 0.251 e. The molecule has 0 radical (unpaired) electrons. The second-order valence-electron chi connectivity index (χ2n) is 5.13. The molecule has 0 heterocycles. The van der Waals surface area contributed by atoms with Gasteiger partial charge in [-0.25, -0.2) is 0 Å². The first-order valence-corrected chi connectivity index (χ1v) is 7.79. The molecule has 1 aliphatic rings. The largest absolute Gasteiger partial charge is 0.352 e. The van der Waals surface area contributed by atoms with Crippen LogP contribution in [0.3, 0.4) is 0 Å². The molecule has 1 atom stereocenters. The Bertz CT molecular complexity index is 431. The lowest BCUT2D eigenvalue weighted by molar-refractivity contribution is 0.0948. The van der Waals surface area contributed by atoms with E-state index in [1.807, 2.05) is 6.07 Å². The van der Waals surface area contributed by atoms with Gasteiger partial charge in [0.25, 0.3) is 5.91 Å². The van der Waals surface area contributed by atoms with E-state index in [-0.39, 0.29) is 5.91 Å². The molecule has 1 aromatic rings. The summed E-state index contributed by atoms with van der Waals surface area (Å²) in [5.41, 5.74) is 3.58. The fourth-order valence-electron chi connectivity index (χ4n) is 2.37. The van der Waals surface area contributed by atoms with E-state index in [0.29, 0.717) is 5.92 Å². The van der Waals surface area contributed by atoms with E-state index in [0.717, 1.165) is 30.3 Å². The van der Waals surface area contributed by atoms with Crippen LogP contribution in [0.4, 0.5) is 0 Å². The van der Waals surface area contributed by atoms with Crippen molar-refractivity contribution in [3.63, 3.8) is 0 Å². The average Bonchev–Trinajstić information content (AvgIpc) is 2.83. The SMILES string of the molecule is CC(CCBr)CNC(=O)c1ccc2c(c1)CCC2. The van der Waals surface area contributed by atoms with Crippen LogP contribution in [0.2, 0.25) is 0 Å². The first-order valence-electron chi connectivity index (χ1n) is 6.66. The summed E-state index contributed by atoms with van der Waals surface area (Å²) < 4.78 is 0. The first kappa shape index (κ1) is 13.6. The van der Waals surface area contributed by atoms with Crippen LogP contribution < -0.4 is 5.32 Å². The summed E-state index contributed by atoms with van der Waals surface area (Å²) in [4.78, 5) is 12.0. The number of nitrogens with one attached hydrogen (secondary N) is 1. The van der Waals surface area contributed by atoms with Crippen molar-refractivity contribution in [2.45, 2.75) is 32.6 Å². The van der Waals surface area contributed by atoms with E-state index >= 15 is 0 Å². The van der Waals surface area contributed by atoms with Crippen molar-refractivity contribution in [3.8, 4) is 0 Å². The molecule has 0 aliphatic heterocycles. The van der Waals surface area contributed by atoms with Gasteiger partial charge in [0, 0.05) is 17.4 Å². The number of hydrogen-bond donors (Lipinski definition) is 1. The van der Waals surface area contributed by atoms with Gasteiger partial charge < -0.3 is 5.32 Å². The zero-order valence-corrected chi connectivity index (χ0v) is 12.4. The third kappa shape index (κ3) is 3.35. The number of carbonyl (C=O) groups is 1. The monoisotopic (exact) mass is 309 g/mol. The zero-order chi connectivity index (χ0) is 13.0. The van der Waals surface area contributed by atoms with E-state index in [9.17, 15) is 4.79 Å². The molecule has 0 aromatic heterocycles. The minimum Gasteiger partial charge on any atom is -0.352 e. The highest BCUT2D eigenvalue weighted by molar-refractivity contribution is 9.09. The van der Waals surface area contributed by atoms with E-state index in [4.69, 9.17) is 0 Å². The molecule has 1 amide bonds. The highest BCUT2D eigenvalue weighted by Crippen LogP contribution is 2.22. The molecule has 0 bridgehead atoms. The fraction of sp³-hybridized carbons (Fsp3) is 0.533. The number of hydrogen-bond acceptors (Lipinski definition) is 1. The molecule has 1 unspecified atom stereocenters. The molecule has 0 saturated carbocycles. The van der Waals surface area contributed by atoms with Crippen molar-refractivity contribution < 1.29 is 4.79 Å². The standard InChI is InChI=1S/C15H20BrNO/c1-11(7-8-16)10-17-15(18)14-6-5-12-3-2-4-13(12)9-14/h5-6,9,11H,2-4,7-8,10H2,1H3,(H,17,18). The lowest BCUT2D eigenvalue weighted by Crippen LogP contribution is -2.28. The van der Waals surface area contributed by atoms with Gasteiger partial charge in [0.05, 0.1) is 0 Å². The number of rotatable bonds is 5. The molecule has 1 aliphatic carbocycles. The number of carbonyl (C=O) groups excluding carboxylic acids is 1. The number of benzene rings is 1. The number of fused-ring (bicyclic) bond motifs is 1. The summed E-state index contributed by atoms with van der Waals surface area (Å²) in [5, 5.41) is 4.00. The van der Waals surface area contributed by atoms with Crippen LogP contribution in [0, 0.1) is 5.92 Å². The molecule has 2 rings (SSSR count). The Morgan fingerprint density at radius 2 is 2.17 bits per heavy atom. The molecule has 1 N–H and O–H groups in total. The van der Waals surface area contributed by atoms with Crippen LogP contribution in [0.25, 0.3) is 0 Å². The molecule has 3 heteroatoms. The Morgan fingerprint density at radius 1 is 1.39 bits per heavy atom. The quantitative estimate of drug-likeness (QED) is 0.831. The summed E-state index contributed by atoms with van der Waals surface area (Å²) in [7, 11) is 0. The molecule has 18 heavy (non-hydrogen) atoms. The highest BCUT2D eigenvalue weighted by Gasteiger charge is 2.14. The normalized spacial score (nSPS) is 15.2. The number of amides is 1. The van der Waals surface area contributed by atoms with Crippen LogP contribution in [-0.2, 0) is 12.8 Å². The summed E-state index contributed by atoms with van der Waals surface area (Å²) in [6, 6.07) is 6.13. The van der Waals surface area contributed by atoms with Crippen LogP contribution >= 0.6 is 15.9 Å². The predicted molar refractivity (Wildman–Crippen MR) is 78.4 cm³/mol. The Morgan fingerprint density at radius 3 is 2.94 bits per heavy atom. The lowest BCUT2D eigenvalue weighted by Gasteiger charge is -2.11. The van der Waals surface area contributed by atoms with Crippen molar-refractivity contribution in [1.29, 1.82) is 0 Å². The minimum atomic E-state index is 0.0612. The van der Waals surface area contributed by atoms with Crippen LogP contribution in [0.15, 0.2) is 18.2 Å². The van der Waals surface area contributed by atoms with Gasteiger partial charge in [0.1, 0.15) is 0 Å². The number of alkyl halides is 1. The molecule has 2 nitrogen and oxygen atoms in total. The summed E-state index contributed by atoms with van der Waals surface area (Å²) >= 11 is 3.42. The number of halogens is 1. The smallest absolute Gasteiger partial charge is 0.251 e. The average molecular weight is 310 g/mol. The zero-order valence-electron chi connectivity index (χ0n) is 10.8. The van der Waals surface area contributed by atoms with Gasteiger partial charge in [-0.1, -0.05) is 28.9 Å². The van der Waals surface area contributed by atoms with Gasteiger partial charge in [-0.3, -0.25) is 4.79 Å². The summed E-state index contributed by atoms with van der Waals surface area (Å²) in [6.45, 7) is 2.91. The van der Waals surface area contributed by atoms with Crippen molar-refractivity contribution in [1.82, 2.24) is 5.32 Å². The Balaban J connectivity index is 1.93. The molecule has 0 fully saturated rings. The van der Waals surface area contributed by atoms with E-state index in [1.54, 1.807) is 0 Å². The van der Waals surface area contributed by atoms with Gasteiger partial charge >= 0.3 is 0 Å². The predicted octanol–water partition coefficient (Wildman–Crippen LogP) is 3.33. The Kier molecular flexibility index (Phi) is 4.81. The van der Waals surface area contributed by atoms with Crippen molar-refractivity contribution >= 4 is 21.8 Å². The van der Waals surface area contributed by atoms with Gasteiger partial charge in [0.15, 0.2) is 0 Å². The van der Waals surface area contributed by atoms with Crippen molar-refractivity contribution in [2.24, 2.45) is 5.92 Å². The Hall–Kier alpha value is -0.830. The lowest BCUT2D eigenvalue weighted by atomic mass is 10.1. The summed E-state index contributed by atoms with van der Waals surface area (Å²) in [6.07, 6.45) is 4.60. The fourth-order valence-corrected chi connectivity index (χ4v) is 3.15. The van der Waals surface area contributed by atoms with Crippen molar-refractivity contribution in [3.05, 3.63) is 34.9 Å². The minimum absolute atomic E-state index is 0.0612. The van der Waals surface area contributed by atoms with Gasteiger partial charge in [-0.05, 0) is 54.9 Å². The van der Waals surface area contributed by atoms with Gasteiger partial charge in [-0.2, -0.15) is 0 Å². The molecule has 1 aromatic carbocycles. The molecule has 0 saturated heterocycles.